The van der Waals surface area contributed by atoms with Gasteiger partial charge in [0.05, 0.1) is 14.2 Å². The van der Waals surface area contributed by atoms with Crippen molar-refractivity contribution in [3.8, 4) is 11.5 Å². The van der Waals surface area contributed by atoms with Crippen LogP contribution in [0.25, 0.3) is 0 Å². The maximum atomic E-state index is 5.66. The van der Waals surface area contributed by atoms with E-state index in [1.165, 1.54) is 0 Å². The van der Waals surface area contributed by atoms with Gasteiger partial charge < -0.3 is 20.5 Å². The number of benzene rings is 1. The number of nitrogens with two attached hydrogens (primary N) is 1. The summed E-state index contributed by atoms with van der Waals surface area (Å²) in [6.07, 6.45) is 0. The van der Waals surface area contributed by atoms with Gasteiger partial charge in [-0.2, -0.15) is 0 Å². The average Bonchev–Trinajstić information content (AvgIpc) is 2.28. The average molecular weight is 210 g/mol. The minimum atomic E-state index is 0.442. The fraction of sp³-hybridized carbons (Fsp3) is 0.455. The van der Waals surface area contributed by atoms with Gasteiger partial charge in [0.15, 0.2) is 11.5 Å². The molecule has 0 spiro atoms. The van der Waals surface area contributed by atoms with Crippen molar-refractivity contribution in [3.63, 3.8) is 0 Å². The van der Waals surface area contributed by atoms with Crippen molar-refractivity contribution in [1.82, 2.24) is 5.32 Å². The summed E-state index contributed by atoms with van der Waals surface area (Å²) in [5.41, 5.74) is 7.75. The van der Waals surface area contributed by atoms with Crippen LogP contribution >= 0.6 is 0 Å². The first kappa shape index (κ1) is 11.8. The van der Waals surface area contributed by atoms with E-state index in [0.29, 0.717) is 6.54 Å². The Balaban J connectivity index is 3.16. The molecule has 4 nitrogen and oxygen atoms in total. The van der Waals surface area contributed by atoms with Crippen LogP contribution in [0.15, 0.2) is 12.1 Å². The monoisotopic (exact) mass is 210 g/mol. The molecule has 0 aliphatic carbocycles. The molecule has 15 heavy (non-hydrogen) atoms. The van der Waals surface area contributed by atoms with Gasteiger partial charge in [-0.3, -0.25) is 0 Å². The van der Waals surface area contributed by atoms with Crippen LogP contribution in [0.5, 0.6) is 11.5 Å². The van der Waals surface area contributed by atoms with Crippen LogP contribution in [-0.2, 0) is 13.1 Å². The Morgan fingerprint density at radius 1 is 1.27 bits per heavy atom. The highest BCUT2D eigenvalue weighted by atomic mass is 16.5. The predicted octanol–water partition coefficient (Wildman–Crippen LogP) is 0.882. The molecule has 0 amide bonds. The summed E-state index contributed by atoms with van der Waals surface area (Å²) in [5, 5.41) is 3.09. The van der Waals surface area contributed by atoms with E-state index >= 15 is 0 Å². The molecule has 0 atom stereocenters. The molecule has 4 heteroatoms. The molecule has 0 unspecified atom stereocenters. The Hall–Kier alpha value is -1.26. The zero-order valence-corrected chi connectivity index (χ0v) is 9.46. The van der Waals surface area contributed by atoms with Gasteiger partial charge in [-0.1, -0.05) is 0 Å². The van der Waals surface area contributed by atoms with Gasteiger partial charge in [-0.05, 0) is 24.7 Å². The number of hydrogen-bond donors (Lipinski definition) is 2. The van der Waals surface area contributed by atoms with Gasteiger partial charge in [-0.25, -0.2) is 0 Å². The van der Waals surface area contributed by atoms with E-state index in [0.717, 1.165) is 29.2 Å². The summed E-state index contributed by atoms with van der Waals surface area (Å²) in [6.45, 7) is 1.23. The van der Waals surface area contributed by atoms with Crippen molar-refractivity contribution in [3.05, 3.63) is 23.3 Å². The molecule has 0 fully saturated rings. The zero-order valence-electron chi connectivity index (χ0n) is 9.46. The van der Waals surface area contributed by atoms with Crippen molar-refractivity contribution < 1.29 is 9.47 Å². The normalized spacial score (nSPS) is 10.1. The first-order valence-corrected chi connectivity index (χ1v) is 4.85. The molecule has 0 bridgehead atoms. The molecule has 0 saturated carbocycles. The summed E-state index contributed by atoms with van der Waals surface area (Å²) >= 11 is 0. The highest BCUT2D eigenvalue weighted by Crippen LogP contribution is 2.32. The molecule has 1 aromatic carbocycles. The van der Waals surface area contributed by atoms with E-state index in [1.54, 1.807) is 14.2 Å². The number of hydrogen-bond acceptors (Lipinski definition) is 4. The van der Waals surface area contributed by atoms with Crippen LogP contribution in [0.4, 0.5) is 0 Å². The fourth-order valence-electron chi connectivity index (χ4n) is 1.56. The summed E-state index contributed by atoms with van der Waals surface area (Å²) < 4.78 is 10.5. The standard InChI is InChI=1S/C11H18N2O2/c1-13-7-8-4-9(6-12)11(15-3)10(5-8)14-2/h4-5,13H,6-7,12H2,1-3H3. The second-order valence-electron chi connectivity index (χ2n) is 3.22. The summed E-state index contributed by atoms with van der Waals surface area (Å²) in [5.74, 6) is 1.45. The van der Waals surface area contributed by atoms with E-state index in [9.17, 15) is 0 Å². The quantitative estimate of drug-likeness (QED) is 0.757. The Labute approximate surface area is 90.4 Å². The van der Waals surface area contributed by atoms with Crippen molar-refractivity contribution in [1.29, 1.82) is 0 Å². The number of rotatable bonds is 5. The van der Waals surface area contributed by atoms with E-state index in [-0.39, 0.29) is 0 Å². The van der Waals surface area contributed by atoms with Crippen LogP contribution in [0, 0.1) is 0 Å². The van der Waals surface area contributed by atoms with Gasteiger partial charge in [0, 0.05) is 18.7 Å². The minimum absolute atomic E-state index is 0.442. The fourth-order valence-corrected chi connectivity index (χ4v) is 1.56. The first-order valence-electron chi connectivity index (χ1n) is 4.85. The largest absolute Gasteiger partial charge is 0.493 e. The molecule has 3 N–H and O–H groups in total. The molecule has 0 saturated heterocycles. The SMILES string of the molecule is CNCc1cc(CN)c(OC)c(OC)c1. The molecule has 0 aliphatic rings. The van der Waals surface area contributed by atoms with Crippen molar-refractivity contribution >= 4 is 0 Å². The molecular weight excluding hydrogens is 192 g/mol. The maximum Gasteiger partial charge on any atom is 0.165 e. The molecule has 0 heterocycles. The summed E-state index contributed by atoms with van der Waals surface area (Å²) in [4.78, 5) is 0. The zero-order chi connectivity index (χ0) is 11.3. The van der Waals surface area contributed by atoms with Crippen LogP contribution in [-0.4, -0.2) is 21.3 Å². The Morgan fingerprint density at radius 3 is 2.47 bits per heavy atom. The maximum absolute atomic E-state index is 5.66. The van der Waals surface area contributed by atoms with Crippen LogP contribution in [0.1, 0.15) is 11.1 Å². The van der Waals surface area contributed by atoms with Crippen molar-refractivity contribution in [2.45, 2.75) is 13.1 Å². The lowest BCUT2D eigenvalue weighted by molar-refractivity contribution is 0.351. The smallest absolute Gasteiger partial charge is 0.165 e. The van der Waals surface area contributed by atoms with E-state index in [1.807, 2.05) is 19.2 Å². The first-order chi connectivity index (χ1) is 7.26. The van der Waals surface area contributed by atoms with Gasteiger partial charge >= 0.3 is 0 Å². The lowest BCUT2D eigenvalue weighted by Crippen LogP contribution is -2.08. The van der Waals surface area contributed by atoms with E-state index < -0.39 is 0 Å². The molecular formula is C11H18N2O2. The second kappa shape index (κ2) is 5.58. The van der Waals surface area contributed by atoms with Gasteiger partial charge in [0.1, 0.15) is 0 Å². The van der Waals surface area contributed by atoms with Crippen LogP contribution in [0.2, 0.25) is 0 Å². The van der Waals surface area contributed by atoms with Gasteiger partial charge in [-0.15, -0.1) is 0 Å². The third kappa shape index (κ3) is 2.61. The van der Waals surface area contributed by atoms with E-state index in [4.69, 9.17) is 15.2 Å². The van der Waals surface area contributed by atoms with Crippen molar-refractivity contribution in [2.75, 3.05) is 21.3 Å². The lowest BCUT2D eigenvalue weighted by Gasteiger charge is -2.13. The Kier molecular flexibility index (Phi) is 4.39. The van der Waals surface area contributed by atoms with Crippen LogP contribution in [0.3, 0.4) is 0 Å². The number of ether oxygens (including phenoxy) is 2. The molecule has 0 aromatic heterocycles. The van der Waals surface area contributed by atoms with Crippen LogP contribution < -0.4 is 20.5 Å². The number of methoxy groups -OCH3 is 2. The highest BCUT2D eigenvalue weighted by Gasteiger charge is 2.10. The third-order valence-corrected chi connectivity index (χ3v) is 2.22. The molecule has 0 aliphatic heterocycles. The van der Waals surface area contributed by atoms with Gasteiger partial charge in [0.25, 0.3) is 0 Å². The molecule has 1 rings (SSSR count). The van der Waals surface area contributed by atoms with Gasteiger partial charge in [0.2, 0.25) is 0 Å². The number of nitrogens with one attached hydrogen (secondary N) is 1. The van der Waals surface area contributed by atoms with Crippen molar-refractivity contribution in [2.24, 2.45) is 5.73 Å². The molecule has 84 valence electrons. The summed E-state index contributed by atoms with van der Waals surface area (Å²) in [6, 6.07) is 3.98. The lowest BCUT2D eigenvalue weighted by atomic mass is 10.1. The third-order valence-electron chi connectivity index (χ3n) is 2.22. The molecule has 1 aromatic rings. The second-order valence-corrected chi connectivity index (χ2v) is 3.22. The van der Waals surface area contributed by atoms with E-state index in [2.05, 4.69) is 5.32 Å². The topological polar surface area (TPSA) is 56.5 Å². The summed E-state index contributed by atoms with van der Waals surface area (Å²) in [7, 11) is 5.15. The Morgan fingerprint density at radius 2 is 2.00 bits per heavy atom. The molecule has 0 radical (unpaired) electrons. The highest BCUT2D eigenvalue weighted by molar-refractivity contribution is 5.49. The Bertz CT molecular complexity index is 301. The predicted molar refractivity (Wildman–Crippen MR) is 60.2 cm³/mol. The minimum Gasteiger partial charge on any atom is -0.493 e.